The third-order valence-electron chi connectivity index (χ3n) is 4.55. The summed E-state index contributed by atoms with van der Waals surface area (Å²) in [6.07, 6.45) is 7.77. The number of piperidine rings is 1. The van der Waals surface area contributed by atoms with Crippen LogP contribution in [0.2, 0.25) is 0 Å². The lowest BCUT2D eigenvalue weighted by molar-refractivity contribution is -0.132. The summed E-state index contributed by atoms with van der Waals surface area (Å²) in [7, 11) is 0. The van der Waals surface area contributed by atoms with Gasteiger partial charge in [0.2, 0.25) is 5.91 Å². The van der Waals surface area contributed by atoms with Crippen molar-refractivity contribution < 1.29 is 4.79 Å². The van der Waals surface area contributed by atoms with Crippen LogP contribution in [-0.4, -0.2) is 53.9 Å². The largest absolute Gasteiger partial charge is 0.340 e. The first-order valence-electron chi connectivity index (χ1n) is 8.39. The summed E-state index contributed by atoms with van der Waals surface area (Å²) < 4.78 is 3.55. The van der Waals surface area contributed by atoms with Crippen molar-refractivity contribution in [2.45, 2.75) is 25.3 Å². The lowest BCUT2D eigenvalue weighted by atomic mass is 10.0. The van der Waals surface area contributed by atoms with E-state index >= 15 is 0 Å². The first kappa shape index (κ1) is 15.5. The van der Waals surface area contributed by atoms with Gasteiger partial charge in [-0.25, -0.2) is 4.68 Å². The van der Waals surface area contributed by atoms with Gasteiger partial charge in [-0.15, -0.1) is 5.10 Å². The van der Waals surface area contributed by atoms with E-state index in [-0.39, 0.29) is 11.9 Å². The number of amides is 1. The molecular formula is C17H19N7O. The molecule has 1 unspecified atom stereocenters. The molecule has 1 aliphatic rings. The van der Waals surface area contributed by atoms with Crippen molar-refractivity contribution in [3.8, 4) is 5.69 Å². The SMILES string of the molecule is O=C(Cc1ccc(-n2cnnn2)cc1)N1CCCC(n2cccn2)C1. The number of tetrazole rings is 1. The molecule has 25 heavy (non-hydrogen) atoms. The second kappa shape index (κ2) is 6.84. The number of carbonyl (C=O) groups excluding carboxylic acids is 1. The molecule has 3 heterocycles. The molecule has 1 fully saturated rings. The Kier molecular flexibility index (Phi) is 4.24. The van der Waals surface area contributed by atoms with E-state index in [1.165, 1.54) is 0 Å². The number of carbonyl (C=O) groups is 1. The maximum Gasteiger partial charge on any atom is 0.227 e. The first-order chi connectivity index (χ1) is 12.3. The fourth-order valence-electron chi connectivity index (χ4n) is 3.23. The van der Waals surface area contributed by atoms with Crippen LogP contribution in [-0.2, 0) is 11.2 Å². The molecular weight excluding hydrogens is 318 g/mol. The third kappa shape index (κ3) is 3.42. The highest BCUT2D eigenvalue weighted by Gasteiger charge is 2.24. The molecule has 1 amide bonds. The van der Waals surface area contributed by atoms with Gasteiger partial charge >= 0.3 is 0 Å². The number of aromatic nitrogens is 6. The summed E-state index contributed by atoms with van der Waals surface area (Å²) >= 11 is 0. The average molecular weight is 337 g/mol. The van der Waals surface area contributed by atoms with Gasteiger partial charge in [-0.05, 0) is 47.0 Å². The first-order valence-corrected chi connectivity index (χ1v) is 8.39. The van der Waals surface area contributed by atoms with Crippen LogP contribution in [0, 0.1) is 0 Å². The number of hydrogen-bond acceptors (Lipinski definition) is 5. The lowest BCUT2D eigenvalue weighted by Gasteiger charge is -2.33. The number of rotatable bonds is 4. The summed E-state index contributed by atoms with van der Waals surface area (Å²) in [5.74, 6) is 0.159. The molecule has 0 aliphatic carbocycles. The Morgan fingerprint density at radius 1 is 1.24 bits per heavy atom. The van der Waals surface area contributed by atoms with Crippen LogP contribution in [0.4, 0.5) is 0 Å². The summed E-state index contributed by atoms with van der Waals surface area (Å²) in [6, 6.07) is 9.93. The van der Waals surface area contributed by atoms with Crippen molar-refractivity contribution in [3.63, 3.8) is 0 Å². The van der Waals surface area contributed by atoms with E-state index in [1.54, 1.807) is 17.2 Å². The Morgan fingerprint density at radius 3 is 2.84 bits per heavy atom. The zero-order chi connectivity index (χ0) is 17.1. The van der Waals surface area contributed by atoms with E-state index in [0.717, 1.165) is 37.2 Å². The smallest absolute Gasteiger partial charge is 0.227 e. The van der Waals surface area contributed by atoms with E-state index in [1.807, 2.05) is 46.1 Å². The second-order valence-corrected chi connectivity index (χ2v) is 6.22. The number of likely N-dealkylation sites (tertiary alicyclic amines) is 1. The molecule has 128 valence electrons. The topological polar surface area (TPSA) is 81.7 Å². The van der Waals surface area contributed by atoms with Crippen LogP contribution in [0.3, 0.4) is 0 Å². The number of hydrogen-bond donors (Lipinski definition) is 0. The summed E-state index contributed by atoms with van der Waals surface area (Å²) in [6.45, 7) is 1.54. The molecule has 0 spiro atoms. The molecule has 8 nitrogen and oxygen atoms in total. The van der Waals surface area contributed by atoms with Crippen molar-refractivity contribution in [2.24, 2.45) is 0 Å². The lowest BCUT2D eigenvalue weighted by Crippen LogP contribution is -2.41. The van der Waals surface area contributed by atoms with Crippen LogP contribution in [0.15, 0.2) is 49.1 Å². The Morgan fingerprint density at radius 2 is 2.12 bits per heavy atom. The van der Waals surface area contributed by atoms with Crippen molar-refractivity contribution in [1.82, 2.24) is 34.9 Å². The predicted octanol–water partition coefficient (Wildman–Crippen LogP) is 1.26. The molecule has 8 heteroatoms. The van der Waals surface area contributed by atoms with E-state index in [2.05, 4.69) is 20.6 Å². The monoisotopic (exact) mass is 337 g/mol. The minimum Gasteiger partial charge on any atom is -0.340 e. The second-order valence-electron chi connectivity index (χ2n) is 6.22. The molecule has 1 saturated heterocycles. The highest BCUT2D eigenvalue weighted by atomic mass is 16.2. The predicted molar refractivity (Wildman–Crippen MR) is 89.9 cm³/mol. The van der Waals surface area contributed by atoms with E-state index in [0.29, 0.717) is 6.42 Å². The van der Waals surface area contributed by atoms with Crippen LogP contribution in [0.25, 0.3) is 5.69 Å². The Balaban J connectivity index is 1.39. The van der Waals surface area contributed by atoms with Crippen molar-refractivity contribution in [3.05, 3.63) is 54.6 Å². The molecule has 4 rings (SSSR count). The molecule has 0 N–H and O–H groups in total. The van der Waals surface area contributed by atoms with Gasteiger partial charge in [0, 0.05) is 25.5 Å². The highest BCUT2D eigenvalue weighted by Crippen LogP contribution is 2.21. The quantitative estimate of drug-likeness (QED) is 0.716. The van der Waals surface area contributed by atoms with Gasteiger partial charge in [0.1, 0.15) is 6.33 Å². The maximum absolute atomic E-state index is 12.7. The Labute approximate surface area is 145 Å². The molecule has 1 aliphatic heterocycles. The van der Waals surface area contributed by atoms with Gasteiger partial charge in [-0.1, -0.05) is 12.1 Å². The minimum atomic E-state index is 0.159. The van der Waals surface area contributed by atoms with Gasteiger partial charge < -0.3 is 4.90 Å². The summed E-state index contributed by atoms with van der Waals surface area (Å²) in [4.78, 5) is 14.6. The summed E-state index contributed by atoms with van der Waals surface area (Å²) in [5.41, 5.74) is 1.86. The zero-order valence-corrected chi connectivity index (χ0v) is 13.8. The van der Waals surface area contributed by atoms with Crippen LogP contribution >= 0.6 is 0 Å². The van der Waals surface area contributed by atoms with E-state index in [9.17, 15) is 4.79 Å². The normalized spacial score (nSPS) is 17.6. The Bertz CT molecular complexity index is 811. The van der Waals surface area contributed by atoms with Crippen LogP contribution in [0.1, 0.15) is 24.4 Å². The molecule has 3 aromatic rings. The van der Waals surface area contributed by atoms with Gasteiger partial charge in [-0.2, -0.15) is 5.10 Å². The van der Waals surface area contributed by atoms with Gasteiger partial charge in [-0.3, -0.25) is 9.48 Å². The summed E-state index contributed by atoms with van der Waals surface area (Å²) in [5, 5.41) is 15.4. The zero-order valence-electron chi connectivity index (χ0n) is 13.8. The van der Waals surface area contributed by atoms with Crippen LogP contribution < -0.4 is 0 Å². The standard InChI is InChI=1S/C17H19N7O/c25-17(22-9-1-3-16(12-22)23-10-2-8-19-23)11-14-4-6-15(7-5-14)24-13-18-20-21-24/h2,4-8,10,13,16H,1,3,9,11-12H2. The van der Waals surface area contributed by atoms with Crippen molar-refractivity contribution >= 4 is 5.91 Å². The fourth-order valence-corrected chi connectivity index (χ4v) is 3.23. The fraction of sp³-hybridized carbons (Fsp3) is 0.353. The number of benzene rings is 1. The van der Waals surface area contributed by atoms with Crippen LogP contribution in [0.5, 0.6) is 0 Å². The van der Waals surface area contributed by atoms with Crippen molar-refractivity contribution in [1.29, 1.82) is 0 Å². The average Bonchev–Trinajstić information content (AvgIpc) is 3.36. The number of nitrogens with zero attached hydrogens (tertiary/aromatic N) is 7. The van der Waals surface area contributed by atoms with E-state index in [4.69, 9.17) is 0 Å². The highest BCUT2D eigenvalue weighted by molar-refractivity contribution is 5.79. The third-order valence-corrected chi connectivity index (χ3v) is 4.55. The molecule has 2 aromatic heterocycles. The van der Waals surface area contributed by atoms with Gasteiger partial charge in [0.15, 0.2) is 0 Å². The maximum atomic E-state index is 12.7. The minimum absolute atomic E-state index is 0.159. The molecule has 0 bridgehead atoms. The van der Waals surface area contributed by atoms with Crippen molar-refractivity contribution in [2.75, 3.05) is 13.1 Å². The molecule has 0 saturated carbocycles. The molecule has 1 aromatic carbocycles. The van der Waals surface area contributed by atoms with Gasteiger partial charge in [0.25, 0.3) is 0 Å². The Hall–Kier alpha value is -3.03. The molecule has 0 radical (unpaired) electrons. The molecule has 1 atom stereocenters. The van der Waals surface area contributed by atoms with E-state index < -0.39 is 0 Å². The van der Waals surface area contributed by atoms with Gasteiger partial charge in [0.05, 0.1) is 18.2 Å².